The maximum Gasteiger partial charge on any atom is 0.229 e. The van der Waals surface area contributed by atoms with Gasteiger partial charge in [-0.2, -0.15) is 0 Å². The zero-order chi connectivity index (χ0) is 12.5. The first-order valence-corrected chi connectivity index (χ1v) is 5.73. The van der Waals surface area contributed by atoms with E-state index in [9.17, 15) is 4.79 Å². The molecule has 5 heteroatoms. The smallest absolute Gasteiger partial charge is 0.229 e. The molecular weight excluding hydrogens is 250 g/mol. The van der Waals surface area contributed by atoms with E-state index in [0.717, 1.165) is 5.65 Å². The summed E-state index contributed by atoms with van der Waals surface area (Å²) in [7, 11) is 0. The number of aromatic nitrogens is 3. The average molecular weight is 258 g/mol. The predicted octanol–water partition coefficient (Wildman–Crippen LogP) is 2.61. The normalized spacial score (nSPS) is 10.7. The fourth-order valence-electron chi connectivity index (χ4n) is 1.77. The Kier molecular flexibility index (Phi) is 2.57. The van der Waals surface area contributed by atoms with E-state index in [1.54, 1.807) is 35.0 Å². The van der Waals surface area contributed by atoms with Gasteiger partial charge in [-0.3, -0.25) is 9.20 Å². The summed E-state index contributed by atoms with van der Waals surface area (Å²) in [6, 6.07) is 10.5. The number of nitrogens with zero attached hydrogens (tertiary/aromatic N) is 3. The van der Waals surface area contributed by atoms with Gasteiger partial charge in [0.15, 0.2) is 0 Å². The van der Waals surface area contributed by atoms with Crippen LogP contribution in [0.15, 0.2) is 48.8 Å². The average Bonchev–Trinajstić information content (AvgIpc) is 2.82. The second kappa shape index (κ2) is 4.23. The number of imidazole rings is 1. The monoisotopic (exact) mass is 257 g/mol. The number of carbonyl (C=O) groups excluding carboxylic acids is 1. The van der Waals surface area contributed by atoms with Crippen LogP contribution in [0.5, 0.6) is 0 Å². The lowest BCUT2D eigenvalue weighted by molar-refractivity contribution is 0.102. The Labute approximate surface area is 108 Å². The summed E-state index contributed by atoms with van der Waals surface area (Å²) in [5.74, 6) is -0.198. The standard InChI is InChI=1S/C13H8ClN3O/c14-11-5-3-4-9(16-11)13(18)10-8-15-12-6-1-2-7-17(10)12/h1-8H. The largest absolute Gasteiger partial charge is 0.297 e. The Morgan fingerprint density at radius 2 is 2.06 bits per heavy atom. The van der Waals surface area contributed by atoms with Crippen molar-refractivity contribution in [3.05, 3.63) is 65.3 Å². The van der Waals surface area contributed by atoms with Crippen molar-refractivity contribution >= 4 is 23.0 Å². The number of hydrogen-bond acceptors (Lipinski definition) is 3. The third kappa shape index (κ3) is 1.76. The lowest BCUT2D eigenvalue weighted by atomic mass is 10.2. The van der Waals surface area contributed by atoms with Crippen LogP contribution >= 0.6 is 11.6 Å². The molecule has 0 spiro atoms. The summed E-state index contributed by atoms with van der Waals surface area (Å²) in [6.07, 6.45) is 3.33. The van der Waals surface area contributed by atoms with Gasteiger partial charge in [0, 0.05) is 6.20 Å². The molecule has 0 unspecified atom stereocenters. The lowest BCUT2D eigenvalue weighted by Crippen LogP contribution is -2.07. The van der Waals surface area contributed by atoms with Gasteiger partial charge in [-0.1, -0.05) is 23.7 Å². The number of fused-ring (bicyclic) bond motifs is 1. The third-order valence-electron chi connectivity index (χ3n) is 2.60. The van der Waals surface area contributed by atoms with Crippen molar-refractivity contribution in [3.63, 3.8) is 0 Å². The van der Waals surface area contributed by atoms with Crippen LogP contribution < -0.4 is 0 Å². The molecule has 3 aromatic heterocycles. The van der Waals surface area contributed by atoms with Crippen molar-refractivity contribution in [1.29, 1.82) is 0 Å². The van der Waals surface area contributed by atoms with Crippen LogP contribution in [0.1, 0.15) is 16.2 Å². The summed E-state index contributed by atoms with van der Waals surface area (Å²) in [5, 5.41) is 0.301. The molecule has 0 bridgehead atoms. The molecule has 0 aliphatic carbocycles. The minimum absolute atomic E-state index is 0.198. The van der Waals surface area contributed by atoms with Crippen LogP contribution in [0, 0.1) is 0 Å². The van der Waals surface area contributed by atoms with Gasteiger partial charge >= 0.3 is 0 Å². The van der Waals surface area contributed by atoms with Crippen molar-refractivity contribution in [2.24, 2.45) is 0 Å². The highest BCUT2D eigenvalue weighted by Crippen LogP contribution is 2.12. The fraction of sp³-hybridized carbons (Fsp3) is 0. The van der Waals surface area contributed by atoms with Crippen LogP contribution in [0.2, 0.25) is 5.15 Å². The maximum atomic E-state index is 12.3. The zero-order valence-corrected chi connectivity index (χ0v) is 10.0. The quantitative estimate of drug-likeness (QED) is 0.524. The number of carbonyl (C=O) groups is 1. The van der Waals surface area contributed by atoms with Crippen molar-refractivity contribution < 1.29 is 4.79 Å². The van der Waals surface area contributed by atoms with Gasteiger partial charge in [-0.25, -0.2) is 9.97 Å². The van der Waals surface area contributed by atoms with E-state index in [2.05, 4.69) is 9.97 Å². The van der Waals surface area contributed by atoms with E-state index in [0.29, 0.717) is 16.5 Å². The molecule has 3 aromatic rings. The highest BCUT2D eigenvalue weighted by molar-refractivity contribution is 6.29. The van der Waals surface area contributed by atoms with Crippen LogP contribution in [-0.4, -0.2) is 20.2 Å². The SMILES string of the molecule is O=C(c1cccc(Cl)n1)c1cnc2ccccn12. The van der Waals surface area contributed by atoms with E-state index < -0.39 is 0 Å². The molecular formula is C13H8ClN3O. The topological polar surface area (TPSA) is 47.3 Å². The number of pyridine rings is 2. The molecule has 4 nitrogen and oxygen atoms in total. The molecule has 0 N–H and O–H groups in total. The van der Waals surface area contributed by atoms with E-state index in [1.165, 1.54) is 0 Å². The molecule has 0 radical (unpaired) electrons. The molecule has 0 aromatic carbocycles. The van der Waals surface area contributed by atoms with Crippen molar-refractivity contribution in [2.45, 2.75) is 0 Å². The Hall–Kier alpha value is -2.20. The van der Waals surface area contributed by atoms with Gasteiger partial charge in [0.25, 0.3) is 0 Å². The van der Waals surface area contributed by atoms with E-state index >= 15 is 0 Å². The first-order chi connectivity index (χ1) is 8.75. The molecule has 0 saturated heterocycles. The van der Waals surface area contributed by atoms with Crippen LogP contribution in [-0.2, 0) is 0 Å². The Morgan fingerprint density at radius 1 is 1.17 bits per heavy atom. The first kappa shape index (κ1) is 10.9. The van der Waals surface area contributed by atoms with Crippen LogP contribution in [0.3, 0.4) is 0 Å². The molecule has 0 atom stereocenters. The van der Waals surface area contributed by atoms with Gasteiger partial charge in [-0.05, 0) is 24.3 Å². The molecule has 3 rings (SSSR count). The minimum atomic E-state index is -0.198. The predicted molar refractivity (Wildman–Crippen MR) is 67.9 cm³/mol. The summed E-state index contributed by atoms with van der Waals surface area (Å²) in [4.78, 5) is 20.5. The summed E-state index contributed by atoms with van der Waals surface area (Å²) in [6.45, 7) is 0. The van der Waals surface area contributed by atoms with Crippen molar-refractivity contribution in [3.8, 4) is 0 Å². The van der Waals surface area contributed by atoms with Gasteiger partial charge in [0.05, 0.1) is 6.20 Å². The number of rotatable bonds is 2. The summed E-state index contributed by atoms with van der Waals surface area (Å²) >= 11 is 5.78. The van der Waals surface area contributed by atoms with E-state index in [1.807, 2.05) is 18.2 Å². The van der Waals surface area contributed by atoms with Gasteiger partial charge in [0.2, 0.25) is 5.78 Å². The first-order valence-electron chi connectivity index (χ1n) is 5.35. The number of hydrogen-bond donors (Lipinski definition) is 0. The highest BCUT2D eigenvalue weighted by atomic mass is 35.5. The van der Waals surface area contributed by atoms with Gasteiger partial charge < -0.3 is 0 Å². The molecule has 0 amide bonds. The molecule has 0 fully saturated rings. The maximum absolute atomic E-state index is 12.3. The molecule has 0 saturated carbocycles. The Morgan fingerprint density at radius 3 is 2.89 bits per heavy atom. The third-order valence-corrected chi connectivity index (χ3v) is 2.81. The molecule has 88 valence electrons. The lowest BCUT2D eigenvalue weighted by Gasteiger charge is -2.00. The number of halogens is 1. The van der Waals surface area contributed by atoms with Crippen LogP contribution in [0.25, 0.3) is 5.65 Å². The molecule has 0 aliphatic heterocycles. The van der Waals surface area contributed by atoms with E-state index in [4.69, 9.17) is 11.6 Å². The molecule has 3 heterocycles. The summed E-state index contributed by atoms with van der Waals surface area (Å²) < 4.78 is 1.73. The second-order valence-corrected chi connectivity index (χ2v) is 4.13. The van der Waals surface area contributed by atoms with Gasteiger partial charge in [0.1, 0.15) is 22.2 Å². The van der Waals surface area contributed by atoms with Crippen molar-refractivity contribution in [2.75, 3.05) is 0 Å². The van der Waals surface area contributed by atoms with Gasteiger partial charge in [-0.15, -0.1) is 0 Å². The highest BCUT2D eigenvalue weighted by Gasteiger charge is 2.15. The second-order valence-electron chi connectivity index (χ2n) is 3.75. The zero-order valence-electron chi connectivity index (χ0n) is 9.25. The summed E-state index contributed by atoms with van der Waals surface area (Å²) in [5.41, 5.74) is 1.51. The molecule has 18 heavy (non-hydrogen) atoms. The number of ketones is 1. The fourth-order valence-corrected chi connectivity index (χ4v) is 1.93. The van der Waals surface area contributed by atoms with Crippen molar-refractivity contribution in [1.82, 2.24) is 14.4 Å². The van der Waals surface area contributed by atoms with Crippen LogP contribution in [0.4, 0.5) is 0 Å². The Bertz CT molecular complexity index is 736. The molecule has 0 aliphatic rings. The Balaban J connectivity index is 2.12. The van der Waals surface area contributed by atoms with E-state index in [-0.39, 0.29) is 5.78 Å². The minimum Gasteiger partial charge on any atom is -0.297 e.